The molecule has 5 aromatic rings. The molecule has 8 rings (SSSR count). The minimum Gasteiger partial charge on any atom is -0.383 e. The fourth-order valence-corrected chi connectivity index (χ4v) is 5.50. The van der Waals surface area contributed by atoms with E-state index in [1.165, 1.54) is 17.4 Å². The van der Waals surface area contributed by atoms with Crippen molar-refractivity contribution >= 4 is 33.4 Å². The first kappa shape index (κ1) is 20.3. The Labute approximate surface area is 203 Å². The average Bonchev–Trinajstić information content (AvgIpc) is 2.92. The van der Waals surface area contributed by atoms with E-state index in [1.807, 2.05) is 48.8 Å². The number of benzene rings is 2. The van der Waals surface area contributed by atoms with Gasteiger partial charge in [-0.25, -0.2) is 15.0 Å². The number of piperidine rings is 1. The molecule has 35 heavy (non-hydrogen) atoms. The van der Waals surface area contributed by atoms with Gasteiger partial charge in [-0.15, -0.1) is 0 Å². The van der Waals surface area contributed by atoms with Gasteiger partial charge in [0, 0.05) is 60.4 Å². The van der Waals surface area contributed by atoms with E-state index in [4.69, 9.17) is 10.7 Å². The lowest BCUT2D eigenvalue weighted by atomic mass is 9.86. The minimum absolute atomic E-state index is 0.494. The topological polar surface area (TPSA) is 84.1 Å². The van der Waals surface area contributed by atoms with Gasteiger partial charge in [0.2, 0.25) is 0 Å². The molecule has 0 amide bonds. The molecule has 6 heterocycles. The molecular formula is C28H25N7. The van der Waals surface area contributed by atoms with Crippen LogP contribution in [0.4, 0.5) is 11.6 Å². The number of pyridine rings is 2. The molecule has 0 aliphatic carbocycles. The molecule has 3 aliphatic rings. The zero-order valence-corrected chi connectivity index (χ0v) is 19.2. The van der Waals surface area contributed by atoms with E-state index < -0.39 is 0 Å². The largest absolute Gasteiger partial charge is 0.383 e. The van der Waals surface area contributed by atoms with Crippen molar-refractivity contribution in [3.63, 3.8) is 0 Å². The highest BCUT2D eigenvalue weighted by Crippen LogP contribution is 2.36. The molecule has 0 saturated carbocycles. The fourth-order valence-electron chi connectivity index (χ4n) is 5.50. The van der Waals surface area contributed by atoms with Gasteiger partial charge in [0.25, 0.3) is 0 Å². The zero-order chi connectivity index (χ0) is 23.4. The Bertz CT molecular complexity index is 1540. The lowest BCUT2D eigenvalue weighted by molar-refractivity contribution is -0.00865. The molecule has 2 unspecified atom stereocenters. The van der Waals surface area contributed by atoms with Gasteiger partial charge in [-0.2, -0.15) is 0 Å². The van der Waals surface area contributed by atoms with E-state index in [0.717, 1.165) is 47.4 Å². The molecule has 0 spiro atoms. The van der Waals surface area contributed by atoms with Crippen molar-refractivity contribution in [3.8, 4) is 11.4 Å². The summed E-state index contributed by atoms with van der Waals surface area (Å²) in [6, 6.07) is 23.8. The molecule has 3 fully saturated rings. The number of anilines is 2. The standard InChI is InChI=1S/C28H25N7/c29-27-23-5-1-2-6-25(23)32-28(33-27)20-8-10-26(31-14-20)34-16-21-13-22(17-34)35(21)15-18-7-9-24-19(12-18)4-3-11-30-24/h1-12,14,21-22H,13,15-17H2,(H2,29,32,33). The quantitative estimate of drug-likeness (QED) is 0.429. The molecule has 7 heteroatoms. The van der Waals surface area contributed by atoms with E-state index in [1.54, 1.807) is 0 Å². The smallest absolute Gasteiger partial charge is 0.163 e. The third kappa shape index (κ3) is 3.56. The van der Waals surface area contributed by atoms with Gasteiger partial charge in [0.05, 0.1) is 11.0 Å². The van der Waals surface area contributed by atoms with Crippen LogP contribution in [0.3, 0.4) is 0 Å². The first-order valence-electron chi connectivity index (χ1n) is 12.0. The van der Waals surface area contributed by atoms with Gasteiger partial charge < -0.3 is 10.6 Å². The minimum atomic E-state index is 0.494. The SMILES string of the molecule is Nc1nc(-c2ccc(N3CC4CC(C3)N4Cc3ccc4ncccc4c3)nc2)nc2ccccc12. The van der Waals surface area contributed by atoms with Crippen molar-refractivity contribution in [3.05, 3.63) is 84.7 Å². The average molecular weight is 460 g/mol. The summed E-state index contributed by atoms with van der Waals surface area (Å²) in [5.74, 6) is 2.11. The molecule has 3 aliphatic heterocycles. The van der Waals surface area contributed by atoms with Crippen LogP contribution in [-0.2, 0) is 6.54 Å². The van der Waals surface area contributed by atoms with Gasteiger partial charge in [0.1, 0.15) is 11.6 Å². The van der Waals surface area contributed by atoms with Crippen molar-refractivity contribution in [2.45, 2.75) is 25.0 Å². The van der Waals surface area contributed by atoms with Gasteiger partial charge in [-0.3, -0.25) is 9.88 Å². The molecule has 2 atom stereocenters. The van der Waals surface area contributed by atoms with Crippen LogP contribution in [0.25, 0.3) is 33.2 Å². The van der Waals surface area contributed by atoms with Crippen LogP contribution in [0.15, 0.2) is 79.1 Å². The summed E-state index contributed by atoms with van der Waals surface area (Å²) >= 11 is 0. The number of nitrogens with two attached hydrogens (primary N) is 1. The van der Waals surface area contributed by atoms with Crippen molar-refractivity contribution in [2.75, 3.05) is 23.7 Å². The number of nitrogens with zero attached hydrogens (tertiary/aromatic N) is 6. The number of para-hydroxylation sites is 1. The molecule has 0 radical (unpaired) electrons. The van der Waals surface area contributed by atoms with E-state index in [-0.39, 0.29) is 0 Å². The summed E-state index contributed by atoms with van der Waals surface area (Å²) in [4.78, 5) is 23.4. The molecule has 2 aromatic carbocycles. The Morgan fingerprint density at radius 1 is 0.857 bits per heavy atom. The number of rotatable bonds is 4. The van der Waals surface area contributed by atoms with Crippen LogP contribution in [0.1, 0.15) is 12.0 Å². The highest BCUT2D eigenvalue weighted by molar-refractivity contribution is 5.89. The molecule has 172 valence electrons. The summed E-state index contributed by atoms with van der Waals surface area (Å²) < 4.78 is 0. The first-order valence-corrected chi connectivity index (χ1v) is 12.0. The summed E-state index contributed by atoms with van der Waals surface area (Å²) in [5.41, 5.74) is 10.3. The second-order valence-electron chi connectivity index (χ2n) is 9.51. The maximum Gasteiger partial charge on any atom is 0.163 e. The summed E-state index contributed by atoms with van der Waals surface area (Å²) in [5, 5.41) is 2.08. The van der Waals surface area contributed by atoms with Crippen molar-refractivity contribution in [2.24, 2.45) is 0 Å². The number of fused-ring (bicyclic) bond motifs is 4. The lowest BCUT2D eigenvalue weighted by Gasteiger charge is -2.56. The number of nitrogen functional groups attached to an aromatic ring is 1. The summed E-state index contributed by atoms with van der Waals surface area (Å²) in [7, 11) is 0. The van der Waals surface area contributed by atoms with Crippen molar-refractivity contribution in [1.29, 1.82) is 0 Å². The van der Waals surface area contributed by atoms with Crippen LogP contribution in [0.2, 0.25) is 0 Å². The number of piperazine rings is 1. The molecule has 3 saturated heterocycles. The number of hydrogen-bond donors (Lipinski definition) is 1. The zero-order valence-electron chi connectivity index (χ0n) is 19.2. The number of aromatic nitrogens is 4. The Balaban J connectivity index is 1.06. The highest BCUT2D eigenvalue weighted by Gasteiger charge is 2.44. The Morgan fingerprint density at radius 3 is 2.60 bits per heavy atom. The van der Waals surface area contributed by atoms with E-state index >= 15 is 0 Å². The van der Waals surface area contributed by atoms with Crippen molar-refractivity contribution < 1.29 is 0 Å². The monoisotopic (exact) mass is 459 g/mol. The van der Waals surface area contributed by atoms with Crippen LogP contribution >= 0.6 is 0 Å². The predicted octanol–water partition coefficient (Wildman–Crippen LogP) is 4.29. The van der Waals surface area contributed by atoms with Gasteiger partial charge in [-0.05, 0) is 54.4 Å². The Morgan fingerprint density at radius 2 is 1.74 bits per heavy atom. The van der Waals surface area contributed by atoms with Gasteiger partial charge >= 0.3 is 0 Å². The molecule has 2 bridgehead atoms. The van der Waals surface area contributed by atoms with E-state index in [0.29, 0.717) is 23.7 Å². The molecule has 7 nitrogen and oxygen atoms in total. The first-order chi connectivity index (χ1) is 17.2. The maximum absolute atomic E-state index is 6.17. The summed E-state index contributed by atoms with van der Waals surface area (Å²) in [6.07, 6.45) is 4.97. The van der Waals surface area contributed by atoms with E-state index in [2.05, 4.69) is 55.1 Å². The third-order valence-electron chi connectivity index (χ3n) is 7.34. The van der Waals surface area contributed by atoms with Gasteiger partial charge in [-0.1, -0.05) is 24.3 Å². The Hall–Kier alpha value is -4.10. The second kappa shape index (κ2) is 7.99. The second-order valence-corrected chi connectivity index (χ2v) is 9.51. The van der Waals surface area contributed by atoms with Crippen LogP contribution in [-0.4, -0.2) is 50.0 Å². The van der Waals surface area contributed by atoms with Crippen LogP contribution < -0.4 is 10.6 Å². The van der Waals surface area contributed by atoms with Crippen LogP contribution in [0, 0.1) is 0 Å². The van der Waals surface area contributed by atoms with E-state index in [9.17, 15) is 0 Å². The molecule has 3 aromatic heterocycles. The highest BCUT2D eigenvalue weighted by atomic mass is 15.4. The predicted molar refractivity (Wildman–Crippen MR) is 139 cm³/mol. The van der Waals surface area contributed by atoms with Crippen LogP contribution in [0.5, 0.6) is 0 Å². The maximum atomic E-state index is 6.17. The van der Waals surface area contributed by atoms with Crippen molar-refractivity contribution in [1.82, 2.24) is 24.8 Å². The molecular weight excluding hydrogens is 434 g/mol. The number of hydrogen-bond acceptors (Lipinski definition) is 7. The Kier molecular flexibility index (Phi) is 4.63. The third-order valence-corrected chi connectivity index (χ3v) is 7.34. The lowest BCUT2D eigenvalue weighted by Crippen LogP contribution is -2.68. The fraction of sp³-hybridized carbons (Fsp3) is 0.214. The summed E-state index contributed by atoms with van der Waals surface area (Å²) in [6.45, 7) is 2.98. The molecule has 2 N–H and O–H groups in total. The normalized spacial score (nSPS) is 19.7. The van der Waals surface area contributed by atoms with Gasteiger partial charge in [0.15, 0.2) is 5.82 Å².